The minimum atomic E-state index is 0.420. The quantitative estimate of drug-likeness (QED) is 0.713. The predicted octanol–water partition coefficient (Wildman–Crippen LogP) is 3.00. The van der Waals surface area contributed by atoms with Crippen LogP contribution in [0.15, 0.2) is 4.52 Å². The van der Waals surface area contributed by atoms with Crippen LogP contribution >= 0.6 is 15.9 Å². The van der Waals surface area contributed by atoms with E-state index in [0.29, 0.717) is 5.92 Å². The van der Waals surface area contributed by atoms with Crippen LogP contribution in [0.2, 0.25) is 0 Å². The molecular weight excluding hydrogens is 206 g/mol. The lowest BCUT2D eigenvalue weighted by Crippen LogP contribution is -1.89. The summed E-state index contributed by atoms with van der Waals surface area (Å²) in [5, 5.41) is 4.73. The van der Waals surface area contributed by atoms with Crippen LogP contribution < -0.4 is 0 Å². The first-order chi connectivity index (χ1) is 5.16. The molecule has 0 saturated heterocycles. The molecule has 0 amide bonds. The van der Waals surface area contributed by atoms with Crippen molar-refractivity contribution < 1.29 is 4.52 Å². The number of hydrogen-bond donors (Lipinski definition) is 0. The highest BCUT2D eigenvalue weighted by atomic mass is 79.9. The first kappa shape index (κ1) is 8.78. The van der Waals surface area contributed by atoms with Crippen LogP contribution in [0.5, 0.6) is 0 Å². The Balaban J connectivity index is 3.05. The summed E-state index contributed by atoms with van der Waals surface area (Å²) in [5.74, 6) is 1.42. The van der Waals surface area contributed by atoms with E-state index in [1.165, 1.54) is 5.56 Å². The molecule has 11 heavy (non-hydrogen) atoms. The van der Waals surface area contributed by atoms with Crippen LogP contribution in [0, 0.1) is 6.92 Å². The molecule has 1 heterocycles. The molecule has 1 aromatic rings. The van der Waals surface area contributed by atoms with Crippen LogP contribution in [-0.2, 0) is 5.33 Å². The summed E-state index contributed by atoms with van der Waals surface area (Å²) >= 11 is 3.41. The molecule has 0 N–H and O–H groups in total. The van der Waals surface area contributed by atoms with Gasteiger partial charge in [-0.05, 0) is 6.92 Å². The van der Waals surface area contributed by atoms with E-state index in [9.17, 15) is 0 Å². The van der Waals surface area contributed by atoms with Gasteiger partial charge in [0.15, 0.2) is 0 Å². The summed E-state index contributed by atoms with van der Waals surface area (Å²) in [4.78, 5) is 0. The third-order valence-corrected chi connectivity index (χ3v) is 2.23. The lowest BCUT2D eigenvalue weighted by Gasteiger charge is -2.00. The number of hydrogen-bond acceptors (Lipinski definition) is 2. The molecule has 62 valence electrons. The van der Waals surface area contributed by atoms with E-state index in [0.717, 1.165) is 16.8 Å². The monoisotopic (exact) mass is 217 g/mol. The fourth-order valence-corrected chi connectivity index (χ4v) is 1.70. The summed E-state index contributed by atoms with van der Waals surface area (Å²) in [6.45, 7) is 6.17. The second-order valence-corrected chi connectivity index (χ2v) is 3.46. The van der Waals surface area contributed by atoms with Crippen LogP contribution in [0.25, 0.3) is 0 Å². The number of aryl methyl sites for hydroxylation is 1. The molecular formula is C8H12BrNO. The molecule has 0 radical (unpaired) electrons. The minimum absolute atomic E-state index is 0.420. The molecule has 2 nitrogen and oxygen atoms in total. The van der Waals surface area contributed by atoms with Crippen molar-refractivity contribution in [1.29, 1.82) is 0 Å². The van der Waals surface area contributed by atoms with Gasteiger partial charge in [-0.3, -0.25) is 0 Å². The molecule has 1 rings (SSSR count). The maximum absolute atomic E-state index is 5.17. The number of nitrogens with zero attached hydrogens (tertiary/aromatic N) is 1. The normalized spacial score (nSPS) is 11.0. The Bertz CT molecular complexity index is 242. The highest BCUT2D eigenvalue weighted by molar-refractivity contribution is 9.08. The first-order valence-electron chi connectivity index (χ1n) is 3.67. The zero-order chi connectivity index (χ0) is 8.43. The standard InChI is InChI=1S/C8H12BrNO/c1-5(2)8-7(4-9)6(3)10-11-8/h5H,4H2,1-3H3. The van der Waals surface area contributed by atoms with Crippen molar-refractivity contribution in [2.75, 3.05) is 0 Å². The molecule has 0 spiro atoms. The summed E-state index contributed by atoms with van der Waals surface area (Å²) in [6, 6.07) is 0. The van der Waals surface area contributed by atoms with Crippen molar-refractivity contribution >= 4 is 15.9 Å². The van der Waals surface area contributed by atoms with Crippen molar-refractivity contribution in [3.63, 3.8) is 0 Å². The van der Waals surface area contributed by atoms with Gasteiger partial charge >= 0.3 is 0 Å². The van der Waals surface area contributed by atoms with Crippen molar-refractivity contribution in [3.8, 4) is 0 Å². The molecule has 0 aromatic carbocycles. The van der Waals surface area contributed by atoms with Crippen molar-refractivity contribution in [2.45, 2.75) is 32.0 Å². The lowest BCUT2D eigenvalue weighted by molar-refractivity contribution is 0.367. The van der Waals surface area contributed by atoms with Gasteiger partial charge in [-0.15, -0.1) is 0 Å². The van der Waals surface area contributed by atoms with Gasteiger partial charge in [0, 0.05) is 16.8 Å². The second kappa shape index (κ2) is 3.39. The molecule has 0 atom stereocenters. The highest BCUT2D eigenvalue weighted by Crippen LogP contribution is 2.23. The van der Waals surface area contributed by atoms with E-state index < -0.39 is 0 Å². The van der Waals surface area contributed by atoms with Crippen LogP contribution in [0.3, 0.4) is 0 Å². The Morgan fingerprint density at radius 2 is 2.18 bits per heavy atom. The molecule has 0 fully saturated rings. The zero-order valence-corrected chi connectivity index (χ0v) is 8.60. The Labute approximate surface area is 75.1 Å². The van der Waals surface area contributed by atoms with Gasteiger partial charge in [0.1, 0.15) is 5.76 Å². The highest BCUT2D eigenvalue weighted by Gasteiger charge is 2.13. The molecule has 0 aliphatic carbocycles. The maximum Gasteiger partial charge on any atom is 0.143 e. The fraction of sp³-hybridized carbons (Fsp3) is 0.625. The average Bonchev–Trinajstić information content (AvgIpc) is 2.30. The van der Waals surface area contributed by atoms with Crippen LogP contribution in [0.4, 0.5) is 0 Å². The fourth-order valence-electron chi connectivity index (χ4n) is 1.02. The minimum Gasteiger partial charge on any atom is -0.361 e. The Hall–Kier alpha value is -0.310. The molecule has 3 heteroatoms. The molecule has 0 unspecified atom stereocenters. The van der Waals surface area contributed by atoms with Gasteiger partial charge in [-0.25, -0.2) is 0 Å². The van der Waals surface area contributed by atoms with E-state index in [2.05, 4.69) is 34.9 Å². The predicted molar refractivity (Wildman–Crippen MR) is 48.0 cm³/mol. The molecule has 0 aliphatic rings. The van der Waals surface area contributed by atoms with E-state index in [4.69, 9.17) is 4.52 Å². The molecule has 0 saturated carbocycles. The smallest absolute Gasteiger partial charge is 0.143 e. The topological polar surface area (TPSA) is 26.0 Å². The van der Waals surface area contributed by atoms with E-state index >= 15 is 0 Å². The lowest BCUT2D eigenvalue weighted by atomic mass is 10.1. The number of alkyl halides is 1. The Kier molecular flexibility index (Phi) is 2.71. The SMILES string of the molecule is Cc1noc(C(C)C)c1CBr. The maximum atomic E-state index is 5.17. The van der Waals surface area contributed by atoms with E-state index in [-0.39, 0.29) is 0 Å². The van der Waals surface area contributed by atoms with Crippen LogP contribution in [0.1, 0.15) is 36.8 Å². The first-order valence-corrected chi connectivity index (χ1v) is 4.80. The molecule has 1 aromatic heterocycles. The summed E-state index contributed by atoms with van der Waals surface area (Å²) in [5.41, 5.74) is 2.19. The largest absolute Gasteiger partial charge is 0.361 e. The van der Waals surface area contributed by atoms with Gasteiger partial charge in [-0.1, -0.05) is 34.9 Å². The number of aromatic nitrogens is 1. The van der Waals surface area contributed by atoms with E-state index in [1.54, 1.807) is 0 Å². The third-order valence-electron chi connectivity index (χ3n) is 1.67. The number of rotatable bonds is 2. The Morgan fingerprint density at radius 3 is 2.55 bits per heavy atom. The number of halogens is 1. The van der Waals surface area contributed by atoms with Gasteiger partial charge in [-0.2, -0.15) is 0 Å². The van der Waals surface area contributed by atoms with Crippen molar-refractivity contribution in [3.05, 3.63) is 17.0 Å². The Morgan fingerprint density at radius 1 is 1.55 bits per heavy atom. The van der Waals surface area contributed by atoms with Crippen molar-refractivity contribution in [1.82, 2.24) is 5.16 Å². The summed E-state index contributed by atoms with van der Waals surface area (Å²) in [6.07, 6.45) is 0. The van der Waals surface area contributed by atoms with Gasteiger partial charge in [0.25, 0.3) is 0 Å². The average molecular weight is 218 g/mol. The third kappa shape index (κ3) is 1.64. The molecule has 0 bridgehead atoms. The van der Waals surface area contributed by atoms with Crippen molar-refractivity contribution in [2.24, 2.45) is 0 Å². The van der Waals surface area contributed by atoms with Gasteiger partial charge < -0.3 is 4.52 Å². The van der Waals surface area contributed by atoms with Crippen LogP contribution in [-0.4, -0.2) is 5.16 Å². The summed E-state index contributed by atoms with van der Waals surface area (Å²) < 4.78 is 5.17. The van der Waals surface area contributed by atoms with Gasteiger partial charge in [0.2, 0.25) is 0 Å². The van der Waals surface area contributed by atoms with E-state index in [1.807, 2.05) is 6.92 Å². The zero-order valence-electron chi connectivity index (χ0n) is 7.02. The summed E-state index contributed by atoms with van der Waals surface area (Å²) in [7, 11) is 0. The van der Waals surface area contributed by atoms with Gasteiger partial charge in [0.05, 0.1) is 5.69 Å². The molecule has 0 aliphatic heterocycles. The second-order valence-electron chi connectivity index (χ2n) is 2.90.